The van der Waals surface area contributed by atoms with Crippen LogP contribution in [0.2, 0.25) is 5.02 Å². The van der Waals surface area contributed by atoms with Crippen LogP contribution in [0, 0.1) is 0 Å². The second kappa shape index (κ2) is 6.82. The van der Waals surface area contributed by atoms with Crippen LogP contribution in [-0.4, -0.2) is 19.1 Å². The van der Waals surface area contributed by atoms with E-state index in [-0.39, 0.29) is 5.91 Å². The number of nitrogen functional groups attached to an aromatic ring is 1. The van der Waals surface area contributed by atoms with Crippen molar-refractivity contribution in [2.45, 2.75) is 0 Å². The molecule has 2 rings (SSSR count). The molecular formula is C15H15ClN2O2. The largest absolute Gasteiger partial charge is 0.492 e. The summed E-state index contributed by atoms with van der Waals surface area (Å²) >= 11 is 5.94. The minimum atomic E-state index is -0.216. The molecule has 5 heteroatoms. The van der Waals surface area contributed by atoms with Gasteiger partial charge in [0.05, 0.1) is 17.1 Å². The summed E-state index contributed by atoms with van der Waals surface area (Å²) < 4.78 is 5.48. The monoisotopic (exact) mass is 290 g/mol. The fraction of sp³-hybridized carbons (Fsp3) is 0.133. The molecular weight excluding hydrogens is 276 g/mol. The first-order valence-electron chi connectivity index (χ1n) is 6.18. The van der Waals surface area contributed by atoms with Crippen LogP contribution < -0.4 is 15.8 Å². The van der Waals surface area contributed by atoms with E-state index in [0.29, 0.717) is 35.2 Å². The quantitative estimate of drug-likeness (QED) is 0.657. The van der Waals surface area contributed by atoms with Gasteiger partial charge in [-0.1, -0.05) is 29.8 Å². The smallest absolute Gasteiger partial charge is 0.252 e. The molecule has 20 heavy (non-hydrogen) atoms. The first-order valence-corrected chi connectivity index (χ1v) is 6.55. The maximum absolute atomic E-state index is 11.9. The number of rotatable bonds is 5. The van der Waals surface area contributed by atoms with Crippen LogP contribution in [0.4, 0.5) is 5.69 Å². The summed E-state index contributed by atoms with van der Waals surface area (Å²) in [5, 5.41) is 3.18. The maximum atomic E-state index is 11.9. The van der Waals surface area contributed by atoms with Crippen molar-refractivity contribution < 1.29 is 9.53 Å². The molecule has 0 aliphatic rings. The number of amides is 1. The van der Waals surface area contributed by atoms with E-state index < -0.39 is 0 Å². The second-order valence-corrected chi connectivity index (χ2v) is 4.56. The third-order valence-electron chi connectivity index (χ3n) is 2.63. The zero-order valence-electron chi connectivity index (χ0n) is 10.8. The summed E-state index contributed by atoms with van der Waals surface area (Å²) in [6.07, 6.45) is 0. The number of carbonyl (C=O) groups excluding carboxylic acids is 1. The fourth-order valence-corrected chi connectivity index (χ4v) is 1.90. The third-order valence-corrected chi connectivity index (χ3v) is 2.96. The summed E-state index contributed by atoms with van der Waals surface area (Å²) in [6.45, 7) is 0.749. The van der Waals surface area contributed by atoms with Gasteiger partial charge in [-0.2, -0.15) is 0 Å². The van der Waals surface area contributed by atoms with Crippen molar-refractivity contribution in [3.05, 3.63) is 59.1 Å². The van der Waals surface area contributed by atoms with Gasteiger partial charge >= 0.3 is 0 Å². The molecule has 0 saturated carbocycles. The van der Waals surface area contributed by atoms with E-state index in [4.69, 9.17) is 22.1 Å². The number of anilines is 1. The molecule has 0 aliphatic carbocycles. The maximum Gasteiger partial charge on any atom is 0.252 e. The lowest BCUT2D eigenvalue weighted by molar-refractivity contribution is 0.0947. The van der Waals surface area contributed by atoms with Gasteiger partial charge in [0.25, 0.3) is 5.91 Å². The van der Waals surface area contributed by atoms with Gasteiger partial charge in [0.15, 0.2) is 0 Å². The number of carbonyl (C=O) groups is 1. The van der Waals surface area contributed by atoms with Gasteiger partial charge < -0.3 is 15.8 Å². The fourth-order valence-electron chi connectivity index (χ4n) is 1.68. The van der Waals surface area contributed by atoms with Crippen molar-refractivity contribution in [3.8, 4) is 5.75 Å². The highest BCUT2D eigenvalue weighted by molar-refractivity contribution is 6.33. The van der Waals surface area contributed by atoms with Gasteiger partial charge in [-0.15, -0.1) is 0 Å². The number of hydrogen-bond donors (Lipinski definition) is 2. The molecule has 104 valence electrons. The third kappa shape index (κ3) is 3.90. The molecule has 0 unspecified atom stereocenters. The summed E-state index contributed by atoms with van der Waals surface area (Å²) in [4.78, 5) is 11.9. The van der Waals surface area contributed by atoms with Crippen LogP contribution >= 0.6 is 11.6 Å². The van der Waals surface area contributed by atoms with Crippen molar-refractivity contribution in [2.75, 3.05) is 18.9 Å². The zero-order valence-corrected chi connectivity index (χ0v) is 11.6. The first kappa shape index (κ1) is 14.2. The number of nitrogens with one attached hydrogen (secondary N) is 1. The number of hydrogen-bond acceptors (Lipinski definition) is 3. The van der Waals surface area contributed by atoms with Crippen molar-refractivity contribution in [1.82, 2.24) is 5.32 Å². The zero-order chi connectivity index (χ0) is 14.4. The average Bonchev–Trinajstić information content (AvgIpc) is 2.44. The van der Waals surface area contributed by atoms with E-state index in [1.54, 1.807) is 36.4 Å². The lowest BCUT2D eigenvalue weighted by atomic mass is 10.2. The van der Waals surface area contributed by atoms with Gasteiger partial charge in [0.1, 0.15) is 12.4 Å². The summed E-state index contributed by atoms with van der Waals surface area (Å²) in [5.41, 5.74) is 6.74. The van der Waals surface area contributed by atoms with E-state index in [9.17, 15) is 4.79 Å². The SMILES string of the molecule is Nc1cccc(OCCNC(=O)c2ccccc2Cl)c1. The van der Waals surface area contributed by atoms with Gasteiger partial charge in [-0.3, -0.25) is 4.79 Å². The number of ether oxygens (including phenoxy) is 1. The summed E-state index contributed by atoms with van der Waals surface area (Å²) in [5.74, 6) is 0.462. The van der Waals surface area contributed by atoms with Crippen LogP contribution in [0.1, 0.15) is 10.4 Å². The Kier molecular flexibility index (Phi) is 4.85. The molecule has 0 saturated heterocycles. The van der Waals surface area contributed by atoms with Gasteiger partial charge in [0.2, 0.25) is 0 Å². The lowest BCUT2D eigenvalue weighted by Gasteiger charge is -2.09. The van der Waals surface area contributed by atoms with Crippen LogP contribution in [-0.2, 0) is 0 Å². The first-order chi connectivity index (χ1) is 9.66. The van der Waals surface area contributed by atoms with Gasteiger partial charge in [-0.25, -0.2) is 0 Å². The predicted octanol–water partition coefficient (Wildman–Crippen LogP) is 2.73. The molecule has 0 radical (unpaired) electrons. The van der Waals surface area contributed by atoms with Crippen molar-refractivity contribution in [2.24, 2.45) is 0 Å². The van der Waals surface area contributed by atoms with E-state index in [0.717, 1.165) is 0 Å². The van der Waals surface area contributed by atoms with Crippen LogP contribution in [0.15, 0.2) is 48.5 Å². The van der Waals surface area contributed by atoms with E-state index in [2.05, 4.69) is 5.32 Å². The Hall–Kier alpha value is -2.20. The Labute approximate surface area is 122 Å². The molecule has 0 spiro atoms. The molecule has 0 bridgehead atoms. The molecule has 2 aromatic carbocycles. The van der Waals surface area contributed by atoms with Gasteiger partial charge in [-0.05, 0) is 24.3 Å². The normalized spacial score (nSPS) is 10.1. The molecule has 2 aromatic rings. The Morgan fingerprint density at radius 3 is 2.75 bits per heavy atom. The predicted molar refractivity (Wildman–Crippen MR) is 80.1 cm³/mol. The Morgan fingerprint density at radius 1 is 1.20 bits per heavy atom. The molecule has 0 aliphatic heterocycles. The molecule has 0 aromatic heterocycles. The van der Waals surface area contributed by atoms with Crippen LogP contribution in [0.5, 0.6) is 5.75 Å². The number of halogens is 1. The lowest BCUT2D eigenvalue weighted by Crippen LogP contribution is -2.28. The topological polar surface area (TPSA) is 64.3 Å². The average molecular weight is 291 g/mol. The number of benzene rings is 2. The van der Waals surface area contributed by atoms with Crippen LogP contribution in [0.3, 0.4) is 0 Å². The minimum absolute atomic E-state index is 0.216. The molecule has 0 atom stereocenters. The summed E-state index contributed by atoms with van der Waals surface area (Å²) in [6, 6.07) is 14.0. The van der Waals surface area contributed by atoms with Gasteiger partial charge in [0, 0.05) is 11.8 Å². The molecule has 4 nitrogen and oxygen atoms in total. The highest BCUT2D eigenvalue weighted by atomic mass is 35.5. The number of nitrogens with two attached hydrogens (primary N) is 1. The van der Waals surface area contributed by atoms with Crippen molar-refractivity contribution >= 4 is 23.2 Å². The molecule has 0 fully saturated rings. The minimum Gasteiger partial charge on any atom is -0.492 e. The highest BCUT2D eigenvalue weighted by Crippen LogP contribution is 2.15. The van der Waals surface area contributed by atoms with Crippen molar-refractivity contribution in [1.29, 1.82) is 0 Å². The van der Waals surface area contributed by atoms with Crippen molar-refractivity contribution in [3.63, 3.8) is 0 Å². The van der Waals surface area contributed by atoms with Crippen LogP contribution in [0.25, 0.3) is 0 Å². The molecule has 3 N–H and O–H groups in total. The van der Waals surface area contributed by atoms with E-state index in [1.165, 1.54) is 0 Å². The Bertz CT molecular complexity index is 602. The van der Waals surface area contributed by atoms with E-state index >= 15 is 0 Å². The Morgan fingerprint density at radius 2 is 2.00 bits per heavy atom. The van der Waals surface area contributed by atoms with E-state index in [1.807, 2.05) is 12.1 Å². The molecule has 1 amide bonds. The summed E-state index contributed by atoms with van der Waals surface area (Å²) in [7, 11) is 0. The highest BCUT2D eigenvalue weighted by Gasteiger charge is 2.08. The second-order valence-electron chi connectivity index (χ2n) is 4.16. The molecule has 0 heterocycles. The Balaban J connectivity index is 1.79. The standard InChI is InChI=1S/C15H15ClN2O2/c16-14-7-2-1-6-13(14)15(19)18-8-9-20-12-5-3-4-11(17)10-12/h1-7,10H,8-9,17H2,(H,18,19).